The number of carboxylic acids is 2. The maximum Gasteiger partial charge on any atom is 0.394 e. The minimum Gasteiger partial charge on any atom is -0.480 e. The fourth-order valence-electron chi connectivity index (χ4n) is 2.46. The van der Waals surface area contributed by atoms with E-state index in [9.17, 15) is 14.4 Å². The molecule has 170 valence electrons. The number of aromatic nitrogens is 2. The second-order valence-electron chi connectivity index (χ2n) is 6.47. The molecule has 2 heterocycles. The number of thiazole rings is 1. The normalized spacial score (nSPS) is 11.2. The molecule has 0 aliphatic heterocycles. The van der Waals surface area contributed by atoms with Gasteiger partial charge in [-0.1, -0.05) is 41.9 Å². The van der Waals surface area contributed by atoms with Crippen molar-refractivity contribution < 1.29 is 29.1 Å². The monoisotopic (exact) mass is 461 g/mol. The number of nitrogens with one attached hydrogen (secondary N) is 1. The van der Waals surface area contributed by atoms with Gasteiger partial charge in [0.1, 0.15) is 18.0 Å². The molecule has 0 saturated heterocycles. The Hall–Kier alpha value is -3.61. The van der Waals surface area contributed by atoms with Gasteiger partial charge in [0.2, 0.25) is 0 Å². The molecule has 0 fully saturated rings. The fourth-order valence-corrected chi connectivity index (χ4v) is 3.17. The van der Waals surface area contributed by atoms with E-state index in [1.165, 1.54) is 6.26 Å². The molecule has 11 nitrogen and oxygen atoms in total. The third-order valence-corrected chi connectivity index (χ3v) is 4.86. The van der Waals surface area contributed by atoms with Crippen molar-refractivity contribution in [1.82, 2.24) is 10.1 Å². The van der Waals surface area contributed by atoms with Gasteiger partial charge in [0.25, 0.3) is 0 Å². The van der Waals surface area contributed by atoms with Crippen LogP contribution in [0.15, 0.2) is 46.5 Å². The summed E-state index contributed by atoms with van der Waals surface area (Å²) >= 11 is 1.12. The summed E-state index contributed by atoms with van der Waals surface area (Å²) in [5.74, 6) is -3.63. The van der Waals surface area contributed by atoms with Crippen molar-refractivity contribution in [2.24, 2.45) is 11.5 Å². The van der Waals surface area contributed by atoms with Gasteiger partial charge in [-0.25, -0.2) is 9.78 Å². The molecule has 0 saturated carbocycles. The van der Waals surface area contributed by atoms with Crippen LogP contribution < -0.4 is 16.8 Å². The lowest BCUT2D eigenvalue weighted by molar-refractivity contribution is -0.147. The molecule has 7 N–H and O–H groups in total. The number of amides is 1. The van der Waals surface area contributed by atoms with Gasteiger partial charge in [-0.3, -0.25) is 14.9 Å². The number of benzene rings is 1. The van der Waals surface area contributed by atoms with Gasteiger partial charge in [-0.05, 0) is 19.4 Å². The summed E-state index contributed by atoms with van der Waals surface area (Å²) in [6.45, 7) is 0.604. The van der Waals surface area contributed by atoms with Crippen LogP contribution >= 0.6 is 11.3 Å². The SMILES string of the molecule is NCCCC[C@H](N)C(=O)O.O=C(O)C(=O)Nc1nc(-c2conc2-c2ccccc2)cs1. The Balaban J connectivity index is 0.000000309. The predicted molar refractivity (Wildman–Crippen MR) is 118 cm³/mol. The minimum atomic E-state index is -1.56. The van der Waals surface area contributed by atoms with Gasteiger partial charge < -0.3 is 26.2 Å². The number of nitrogens with two attached hydrogens (primary N) is 2. The lowest BCUT2D eigenvalue weighted by atomic mass is 10.1. The number of carboxylic acid groups (broad SMARTS) is 2. The van der Waals surface area contributed by atoms with Gasteiger partial charge in [-0.15, -0.1) is 11.3 Å². The Kier molecular flexibility index (Phi) is 9.47. The summed E-state index contributed by atoms with van der Waals surface area (Å²) in [6, 6.07) is 8.72. The summed E-state index contributed by atoms with van der Waals surface area (Å²) in [4.78, 5) is 36.0. The summed E-state index contributed by atoms with van der Waals surface area (Å²) in [5.41, 5.74) is 13.1. The summed E-state index contributed by atoms with van der Waals surface area (Å²) in [5, 5.41) is 24.9. The molecule has 32 heavy (non-hydrogen) atoms. The number of carbonyl (C=O) groups excluding carboxylic acids is 1. The fraction of sp³-hybridized carbons (Fsp3) is 0.250. The molecular weight excluding hydrogens is 438 g/mol. The van der Waals surface area contributed by atoms with Gasteiger partial charge in [0, 0.05) is 10.9 Å². The van der Waals surface area contributed by atoms with Crippen molar-refractivity contribution in [3.05, 3.63) is 42.0 Å². The molecule has 0 radical (unpaired) electrons. The first-order valence-electron chi connectivity index (χ1n) is 9.52. The highest BCUT2D eigenvalue weighted by Crippen LogP contribution is 2.32. The quantitative estimate of drug-likeness (QED) is 0.244. The van der Waals surface area contributed by atoms with Crippen LogP contribution in [0.2, 0.25) is 0 Å². The van der Waals surface area contributed by atoms with Crippen molar-refractivity contribution in [1.29, 1.82) is 0 Å². The van der Waals surface area contributed by atoms with Crippen LogP contribution in [-0.2, 0) is 14.4 Å². The van der Waals surface area contributed by atoms with Crippen molar-refractivity contribution in [3.63, 3.8) is 0 Å². The zero-order valence-electron chi connectivity index (χ0n) is 16.9. The zero-order chi connectivity index (χ0) is 23.5. The highest BCUT2D eigenvalue weighted by atomic mass is 32.1. The van der Waals surface area contributed by atoms with Crippen molar-refractivity contribution in [2.45, 2.75) is 25.3 Å². The van der Waals surface area contributed by atoms with E-state index in [0.717, 1.165) is 29.7 Å². The first kappa shape index (κ1) is 24.7. The van der Waals surface area contributed by atoms with Crippen molar-refractivity contribution in [2.75, 3.05) is 11.9 Å². The van der Waals surface area contributed by atoms with Gasteiger partial charge in [0.05, 0.1) is 11.3 Å². The molecule has 12 heteroatoms. The molecule has 1 aromatic carbocycles. The molecule has 0 unspecified atom stereocenters. The van der Waals surface area contributed by atoms with Crippen LogP contribution in [-0.4, -0.2) is 50.8 Å². The largest absolute Gasteiger partial charge is 0.480 e. The highest BCUT2D eigenvalue weighted by Gasteiger charge is 2.17. The van der Waals surface area contributed by atoms with Crippen LogP contribution in [0.3, 0.4) is 0 Å². The summed E-state index contributed by atoms with van der Waals surface area (Å²) in [6.07, 6.45) is 3.62. The molecule has 0 spiro atoms. The number of nitrogens with zero attached hydrogens (tertiary/aromatic N) is 2. The number of unbranched alkanes of at least 4 members (excludes halogenated alkanes) is 1. The van der Waals surface area contributed by atoms with Crippen LogP contribution in [0.25, 0.3) is 22.5 Å². The molecule has 3 rings (SSSR count). The number of hydrogen-bond donors (Lipinski definition) is 5. The highest BCUT2D eigenvalue weighted by molar-refractivity contribution is 7.14. The maximum atomic E-state index is 11.1. The Labute approximate surface area is 187 Å². The molecule has 1 atom stereocenters. The van der Waals surface area contributed by atoms with E-state index in [4.69, 9.17) is 26.2 Å². The standard InChI is InChI=1S/C14H9N3O4S.C6H14N2O2/c18-12(13(19)20)16-14-15-10(7-22-14)9-6-21-17-11(9)8-4-2-1-3-5-8;7-4-2-1-3-5(8)6(9)10/h1-7H,(H,19,20)(H,15,16,18);5H,1-4,7-8H2,(H,9,10)/t;5-/m.0/s1. The van der Waals surface area contributed by atoms with Gasteiger partial charge in [0.15, 0.2) is 5.13 Å². The van der Waals surface area contributed by atoms with Crippen LogP contribution in [0, 0.1) is 0 Å². The lowest BCUT2D eigenvalue weighted by Crippen LogP contribution is -2.29. The van der Waals surface area contributed by atoms with E-state index >= 15 is 0 Å². The molecule has 3 aromatic rings. The molecule has 2 aromatic heterocycles. The summed E-state index contributed by atoms with van der Waals surface area (Å²) in [7, 11) is 0. The van der Waals surface area contributed by atoms with Gasteiger partial charge >= 0.3 is 17.8 Å². The minimum absolute atomic E-state index is 0.197. The molecule has 1 amide bonds. The second-order valence-corrected chi connectivity index (χ2v) is 7.33. The van der Waals surface area contributed by atoms with E-state index in [-0.39, 0.29) is 5.13 Å². The number of anilines is 1. The number of hydrogen-bond acceptors (Lipinski definition) is 9. The van der Waals surface area contributed by atoms with Crippen LogP contribution in [0.1, 0.15) is 19.3 Å². The molecule has 0 aliphatic rings. The van der Waals surface area contributed by atoms with Crippen LogP contribution in [0.5, 0.6) is 0 Å². The summed E-state index contributed by atoms with van der Waals surface area (Å²) < 4.78 is 5.02. The molecular formula is C20H23N5O6S. The number of rotatable bonds is 8. The Morgan fingerprint density at radius 3 is 2.50 bits per heavy atom. The number of aliphatic carboxylic acids is 2. The average Bonchev–Trinajstić information content (AvgIpc) is 3.44. The molecule has 0 bridgehead atoms. The Morgan fingerprint density at radius 1 is 1.16 bits per heavy atom. The zero-order valence-corrected chi connectivity index (χ0v) is 17.7. The Bertz CT molecular complexity index is 1040. The average molecular weight is 462 g/mol. The van der Waals surface area contributed by atoms with E-state index in [2.05, 4.69) is 15.5 Å². The first-order chi connectivity index (χ1) is 15.3. The lowest BCUT2D eigenvalue weighted by Gasteiger charge is -2.03. The second kappa shape index (κ2) is 12.3. The van der Waals surface area contributed by atoms with Crippen molar-refractivity contribution >= 4 is 34.3 Å². The maximum absolute atomic E-state index is 11.1. The van der Waals surface area contributed by atoms with Crippen molar-refractivity contribution in [3.8, 4) is 22.5 Å². The smallest absolute Gasteiger partial charge is 0.394 e. The van der Waals surface area contributed by atoms with E-state index in [1.807, 2.05) is 30.3 Å². The van der Waals surface area contributed by atoms with E-state index in [0.29, 0.717) is 29.9 Å². The van der Waals surface area contributed by atoms with Crippen LogP contribution in [0.4, 0.5) is 5.13 Å². The third-order valence-electron chi connectivity index (χ3n) is 4.10. The third kappa shape index (κ3) is 7.27. The first-order valence-corrected chi connectivity index (χ1v) is 10.4. The van der Waals surface area contributed by atoms with Gasteiger partial charge in [-0.2, -0.15) is 0 Å². The van der Waals surface area contributed by atoms with E-state index < -0.39 is 23.9 Å². The topological polar surface area (TPSA) is 195 Å². The van der Waals surface area contributed by atoms with E-state index in [1.54, 1.807) is 5.38 Å². The Morgan fingerprint density at radius 2 is 1.88 bits per heavy atom. The molecule has 0 aliphatic carbocycles. The number of carbonyl (C=O) groups is 3. The predicted octanol–water partition coefficient (Wildman–Crippen LogP) is 2.02.